The van der Waals surface area contributed by atoms with Gasteiger partial charge in [-0.2, -0.15) is 5.26 Å². The molecule has 0 spiro atoms. The number of nitrogens with zero attached hydrogens (tertiary/aromatic N) is 3. The molecule has 2 rings (SSSR count). The number of aliphatic imine (C=N–C) groups is 1. The summed E-state index contributed by atoms with van der Waals surface area (Å²) in [5.74, 6) is 0.615. The van der Waals surface area contributed by atoms with E-state index in [1.165, 1.54) is 6.07 Å². The fourth-order valence-electron chi connectivity index (χ4n) is 3.56. The van der Waals surface area contributed by atoms with Gasteiger partial charge in [0.1, 0.15) is 5.82 Å². The van der Waals surface area contributed by atoms with Crippen molar-refractivity contribution in [2.75, 3.05) is 19.6 Å². The summed E-state index contributed by atoms with van der Waals surface area (Å²) < 4.78 is 14.1. The number of guanidine groups is 1. The van der Waals surface area contributed by atoms with Crippen molar-refractivity contribution in [3.63, 3.8) is 0 Å². The summed E-state index contributed by atoms with van der Waals surface area (Å²) >= 11 is 0. The zero-order chi connectivity index (χ0) is 21.2. The van der Waals surface area contributed by atoms with Gasteiger partial charge in [-0.15, -0.1) is 0 Å². The van der Waals surface area contributed by atoms with E-state index in [-0.39, 0.29) is 24.4 Å². The van der Waals surface area contributed by atoms with Crippen LogP contribution in [0, 0.1) is 23.1 Å². The number of nitriles is 1. The number of amides is 1. The van der Waals surface area contributed by atoms with Gasteiger partial charge in [-0.05, 0) is 44.7 Å². The molecule has 1 aliphatic rings. The summed E-state index contributed by atoms with van der Waals surface area (Å²) in [6.07, 6.45) is 3.50. The Bertz CT molecular complexity index is 746. The van der Waals surface area contributed by atoms with E-state index >= 15 is 0 Å². The summed E-state index contributed by atoms with van der Waals surface area (Å²) in [5, 5.41) is 15.5. The van der Waals surface area contributed by atoms with Gasteiger partial charge in [-0.25, -0.2) is 9.38 Å². The maximum Gasteiger partial charge on any atom is 0.225 e. The van der Waals surface area contributed by atoms with Crippen LogP contribution >= 0.6 is 0 Å². The minimum atomic E-state index is -0.420. The maximum absolute atomic E-state index is 14.1. The van der Waals surface area contributed by atoms with Crippen molar-refractivity contribution in [3.05, 3.63) is 35.1 Å². The van der Waals surface area contributed by atoms with E-state index in [0.29, 0.717) is 23.6 Å². The third-order valence-corrected chi connectivity index (χ3v) is 5.42. The van der Waals surface area contributed by atoms with Crippen LogP contribution in [-0.2, 0) is 11.3 Å². The largest absolute Gasteiger partial charge is 0.357 e. The van der Waals surface area contributed by atoms with Crippen LogP contribution in [0.15, 0.2) is 23.2 Å². The molecule has 158 valence electrons. The summed E-state index contributed by atoms with van der Waals surface area (Å²) in [6, 6.07) is 6.59. The normalized spacial score (nSPS) is 15.3. The second-order valence-electron chi connectivity index (χ2n) is 7.37. The van der Waals surface area contributed by atoms with Crippen molar-refractivity contribution in [3.8, 4) is 6.07 Å². The highest BCUT2D eigenvalue weighted by molar-refractivity contribution is 5.80. The highest BCUT2D eigenvalue weighted by Crippen LogP contribution is 2.17. The predicted octanol–water partition coefficient (Wildman–Crippen LogP) is 3.18. The molecular formula is C22H32FN5O. The smallest absolute Gasteiger partial charge is 0.225 e. The van der Waals surface area contributed by atoms with E-state index in [1.54, 1.807) is 12.1 Å². The van der Waals surface area contributed by atoms with Crippen molar-refractivity contribution in [2.24, 2.45) is 10.9 Å². The standard InChI is InChI=1S/C22H32FN5O/c1-4-17(5-2)21(29)28-11-9-19(10-12-28)27-22(25-6-3)26-15-18-8-7-16(14-24)13-20(18)23/h7-8,13,17,19H,4-6,9-12,15H2,1-3H3,(H2,25,26,27). The first-order valence-electron chi connectivity index (χ1n) is 10.5. The summed E-state index contributed by atoms with van der Waals surface area (Å²) in [7, 11) is 0. The van der Waals surface area contributed by atoms with Crippen molar-refractivity contribution < 1.29 is 9.18 Å². The lowest BCUT2D eigenvalue weighted by Crippen LogP contribution is -2.50. The number of rotatable bonds is 7. The zero-order valence-electron chi connectivity index (χ0n) is 17.7. The SMILES string of the molecule is CCNC(=NCc1ccc(C#N)cc1F)NC1CCN(C(=O)C(CC)CC)CC1. The molecule has 0 saturated carbocycles. The van der Waals surface area contributed by atoms with Crippen molar-refractivity contribution in [1.82, 2.24) is 15.5 Å². The van der Waals surface area contributed by atoms with Crippen LogP contribution in [0.4, 0.5) is 4.39 Å². The average molecular weight is 402 g/mol. The number of piperidine rings is 1. The molecular weight excluding hydrogens is 369 g/mol. The van der Waals surface area contributed by atoms with Gasteiger partial charge >= 0.3 is 0 Å². The number of likely N-dealkylation sites (tertiary alicyclic amines) is 1. The minimum Gasteiger partial charge on any atom is -0.357 e. The molecule has 2 N–H and O–H groups in total. The van der Waals surface area contributed by atoms with Crippen LogP contribution in [0.25, 0.3) is 0 Å². The lowest BCUT2D eigenvalue weighted by Gasteiger charge is -2.34. The number of halogens is 1. The second kappa shape index (κ2) is 11.4. The van der Waals surface area contributed by atoms with Gasteiger partial charge in [0.25, 0.3) is 0 Å². The lowest BCUT2D eigenvalue weighted by molar-refractivity contribution is -0.136. The van der Waals surface area contributed by atoms with Crippen molar-refractivity contribution >= 4 is 11.9 Å². The number of benzene rings is 1. The molecule has 29 heavy (non-hydrogen) atoms. The fourth-order valence-corrected chi connectivity index (χ4v) is 3.56. The van der Waals surface area contributed by atoms with E-state index in [0.717, 1.165) is 38.8 Å². The first kappa shape index (κ1) is 22.7. The van der Waals surface area contributed by atoms with Crippen LogP contribution in [0.1, 0.15) is 57.6 Å². The molecule has 0 bridgehead atoms. The van der Waals surface area contributed by atoms with E-state index in [2.05, 4.69) is 29.5 Å². The molecule has 1 heterocycles. The summed E-state index contributed by atoms with van der Waals surface area (Å²) in [6.45, 7) is 8.50. The number of hydrogen-bond donors (Lipinski definition) is 2. The molecule has 1 amide bonds. The van der Waals surface area contributed by atoms with E-state index in [9.17, 15) is 9.18 Å². The molecule has 1 aromatic rings. The number of carbonyl (C=O) groups excluding carboxylic acids is 1. The molecule has 0 aromatic heterocycles. The van der Waals surface area contributed by atoms with Gasteiger partial charge in [-0.3, -0.25) is 4.79 Å². The Kier molecular flexibility index (Phi) is 8.91. The molecule has 1 saturated heterocycles. The molecule has 0 aliphatic carbocycles. The topological polar surface area (TPSA) is 80.5 Å². The second-order valence-corrected chi connectivity index (χ2v) is 7.37. The summed E-state index contributed by atoms with van der Waals surface area (Å²) in [4.78, 5) is 19.0. The Morgan fingerprint density at radius 3 is 2.55 bits per heavy atom. The van der Waals surface area contributed by atoms with Crippen LogP contribution in [0.5, 0.6) is 0 Å². The number of hydrogen-bond acceptors (Lipinski definition) is 3. The average Bonchev–Trinajstić information content (AvgIpc) is 2.74. The predicted molar refractivity (Wildman–Crippen MR) is 113 cm³/mol. The van der Waals surface area contributed by atoms with Gasteiger partial charge < -0.3 is 15.5 Å². The molecule has 0 unspecified atom stereocenters. The van der Waals surface area contributed by atoms with Gasteiger partial charge in [0.2, 0.25) is 5.91 Å². The quantitative estimate of drug-likeness (QED) is 0.543. The first-order valence-corrected chi connectivity index (χ1v) is 10.5. The van der Waals surface area contributed by atoms with Crippen LogP contribution in [-0.4, -0.2) is 42.4 Å². The Balaban J connectivity index is 1.93. The molecule has 0 radical (unpaired) electrons. The highest BCUT2D eigenvalue weighted by atomic mass is 19.1. The molecule has 1 aliphatic heterocycles. The van der Waals surface area contributed by atoms with Crippen molar-refractivity contribution in [2.45, 2.75) is 59.0 Å². The van der Waals surface area contributed by atoms with Gasteiger partial charge in [0.15, 0.2) is 5.96 Å². The lowest BCUT2D eigenvalue weighted by atomic mass is 9.98. The fraction of sp³-hybridized carbons (Fsp3) is 0.591. The maximum atomic E-state index is 14.1. The zero-order valence-corrected chi connectivity index (χ0v) is 17.7. The first-order chi connectivity index (χ1) is 14.0. The number of carbonyl (C=O) groups is 1. The third kappa shape index (κ3) is 6.45. The van der Waals surface area contributed by atoms with Gasteiger partial charge in [0.05, 0.1) is 18.2 Å². The molecule has 1 fully saturated rings. The number of nitrogens with one attached hydrogen (secondary N) is 2. The van der Waals surface area contributed by atoms with Gasteiger partial charge in [-0.1, -0.05) is 19.9 Å². The van der Waals surface area contributed by atoms with Gasteiger partial charge in [0, 0.05) is 37.2 Å². The molecule has 0 atom stereocenters. The Morgan fingerprint density at radius 2 is 2.00 bits per heavy atom. The van der Waals surface area contributed by atoms with Crippen molar-refractivity contribution in [1.29, 1.82) is 5.26 Å². The molecule has 7 heteroatoms. The third-order valence-electron chi connectivity index (χ3n) is 5.42. The van der Waals surface area contributed by atoms with Crippen LogP contribution < -0.4 is 10.6 Å². The summed E-state index contributed by atoms with van der Waals surface area (Å²) in [5.41, 5.74) is 0.752. The Morgan fingerprint density at radius 1 is 1.31 bits per heavy atom. The van der Waals surface area contributed by atoms with E-state index in [1.807, 2.05) is 17.9 Å². The Labute approximate surface area is 173 Å². The molecule has 1 aromatic carbocycles. The van der Waals surface area contributed by atoms with Crippen LogP contribution in [0.2, 0.25) is 0 Å². The monoisotopic (exact) mass is 401 g/mol. The highest BCUT2D eigenvalue weighted by Gasteiger charge is 2.26. The van der Waals surface area contributed by atoms with E-state index in [4.69, 9.17) is 5.26 Å². The Hall–Kier alpha value is -2.62. The van der Waals surface area contributed by atoms with E-state index < -0.39 is 5.82 Å². The minimum absolute atomic E-state index is 0.126. The molecule has 6 nitrogen and oxygen atoms in total. The van der Waals surface area contributed by atoms with Crippen LogP contribution in [0.3, 0.4) is 0 Å².